The zero-order chi connectivity index (χ0) is 22.2. The van der Waals surface area contributed by atoms with E-state index >= 15 is 0 Å². The maximum atomic E-state index is 12.9. The summed E-state index contributed by atoms with van der Waals surface area (Å²) in [6.45, 7) is -0.152. The van der Waals surface area contributed by atoms with Crippen molar-refractivity contribution >= 4 is 31.5 Å². The minimum Gasteiger partial charge on any atom is -0.497 e. The van der Waals surface area contributed by atoms with Crippen molar-refractivity contribution < 1.29 is 21.6 Å². The molecule has 0 unspecified atom stereocenters. The second-order valence-electron chi connectivity index (χ2n) is 7.20. The van der Waals surface area contributed by atoms with E-state index in [0.717, 1.165) is 16.9 Å². The number of ether oxygens (including phenoxy) is 1. The summed E-state index contributed by atoms with van der Waals surface area (Å²) in [4.78, 5) is 0.273. The van der Waals surface area contributed by atoms with E-state index in [1.807, 2.05) is 24.3 Å². The van der Waals surface area contributed by atoms with Gasteiger partial charge in [-0.15, -0.1) is 0 Å². The summed E-state index contributed by atoms with van der Waals surface area (Å²) in [6.07, 6.45) is 0. The van der Waals surface area contributed by atoms with E-state index in [4.69, 9.17) is 16.3 Å². The van der Waals surface area contributed by atoms with Gasteiger partial charge in [0.05, 0.1) is 22.2 Å². The number of nitrogens with zero attached hydrogens (tertiary/aromatic N) is 1. The third-order valence-electron chi connectivity index (χ3n) is 5.31. The van der Waals surface area contributed by atoms with Crippen molar-refractivity contribution in [3.05, 3.63) is 77.8 Å². The normalized spacial score (nSPS) is 15.4. The minimum absolute atomic E-state index is 0.0759. The molecule has 1 heterocycles. The van der Waals surface area contributed by atoms with Crippen LogP contribution in [0.15, 0.2) is 82.6 Å². The van der Waals surface area contributed by atoms with Crippen LogP contribution < -0.4 is 4.74 Å². The van der Waals surface area contributed by atoms with Crippen molar-refractivity contribution in [1.29, 1.82) is 0 Å². The molecule has 0 N–H and O–H groups in total. The molecule has 0 bridgehead atoms. The second kappa shape index (κ2) is 8.27. The molecule has 9 heteroatoms. The Bertz CT molecular complexity index is 1280. The number of rotatable bonds is 6. The highest BCUT2D eigenvalue weighted by Crippen LogP contribution is 2.30. The van der Waals surface area contributed by atoms with Gasteiger partial charge in [0.25, 0.3) is 0 Å². The van der Waals surface area contributed by atoms with Crippen LogP contribution in [0.2, 0.25) is 5.02 Å². The minimum atomic E-state index is -3.77. The van der Waals surface area contributed by atoms with Crippen LogP contribution in [0.3, 0.4) is 0 Å². The molecule has 1 aliphatic heterocycles. The van der Waals surface area contributed by atoms with Gasteiger partial charge in [0.15, 0.2) is 9.84 Å². The average Bonchev–Trinajstić information content (AvgIpc) is 2.73. The summed E-state index contributed by atoms with van der Waals surface area (Å²) < 4.78 is 57.5. The van der Waals surface area contributed by atoms with Crippen LogP contribution in [0.1, 0.15) is 0 Å². The first-order valence-electron chi connectivity index (χ1n) is 9.46. The quantitative estimate of drug-likeness (QED) is 0.538. The topological polar surface area (TPSA) is 80.8 Å². The Balaban J connectivity index is 1.47. The van der Waals surface area contributed by atoms with Gasteiger partial charge in [-0.1, -0.05) is 35.9 Å². The van der Waals surface area contributed by atoms with Crippen LogP contribution in [0.5, 0.6) is 5.75 Å². The van der Waals surface area contributed by atoms with Gasteiger partial charge in [0, 0.05) is 18.1 Å². The summed E-state index contributed by atoms with van der Waals surface area (Å²) in [5.74, 6) is 0.740. The third-order valence-corrected chi connectivity index (χ3v) is 9.51. The first kappa shape index (κ1) is 21.8. The number of hydrogen-bond donors (Lipinski definition) is 0. The van der Waals surface area contributed by atoms with Crippen LogP contribution >= 0.6 is 11.6 Å². The second-order valence-corrected chi connectivity index (χ2v) is 11.8. The first-order valence-corrected chi connectivity index (χ1v) is 12.8. The summed E-state index contributed by atoms with van der Waals surface area (Å²) >= 11 is 5.82. The van der Waals surface area contributed by atoms with Crippen LogP contribution in [0.25, 0.3) is 11.1 Å². The highest BCUT2D eigenvalue weighted by molar-refractivity contribution is 7.92. The molecular formula is C22H20ClNO5S2. The molecule has 0 aromatic heterocycles. The van der Waals surface area contributed by atoms with Gasteiger partial charge in [0.2, 0.25) is 10.0 Å². The van der Waals surface area contributed by atoms with Gasteiger partial charge in [0.1, 0.15) is 5.75 Å². The average molecular weight is 478 g/mol. The van der Waals surface area contributed by atoms with E-state index in [1.165, 1.54) is 40.7 Å². The summed E-state index contributed by atoms with van der Waals surface area (Å²) in [7, 11) is -5.79. The van der Waals surface area contributed by atoms with Gasteiger partial charge in [-0.05, 0) is 59.7 Å². The highest BCUT2D eigenvalue weighted by atomic mass is 35.5. The lowest BCUT2D eigenvalue weighted by Gasteiger charge is -2.37. The van der Waals surface area contributed by atoms with E-state index in [0.29, 0.717) is 5.02 Å². The molecule has 0 saturated carbocycles. The molecule has 1 aliphatic rings. The number of sulfone groups is 1. The highest BCUT2D eigenvalue weighted by Gasteiger charge is 2.44. The maximum absolute atomic E-state index is 12.9. The smallest absolute Gasteiger partial charge is 0.243 e. The standard InChI is InChI=1S/C22H20ClNO5S2/c1-29-19-8-2-16(3-9-19)17-4-10-21(11-5-17)31(27,28)24-14-22(15-24)30(25,26)20-12-6-18(23)7-13-20/h2-13,22H,14-15H2,1H3. The molecule has 0 spiro atoms. The molecule has 31 heavy (non-hydrogen) atoms. The molecule has 0 amide bonds. The number of methoxy groups -OCH3 is 1. The number of sulfonamides is 1. The molecule has 3 aromatic carbocycles. The van der Waals surface area contributed by atoms with E-state index in [-0.39, 0.29) is 22.9 Å². The molecule has 3 aromatic rings. The molecule has 6 nitrogen and oxygen atoms in total. The number of hydrogen-bond acceptors (Lipinski definition) is 5. The SMILES string of the molecule is COc1ccc(-c2ccc(S(=O)(=O)N3CC(S(=O)(=O)c4ccc(Cl)cc4)C3)cc2)cc1. The van der Waals surface area contributed by atoms with Crippen molar-refractivity contribution in [2.45, 2.75) is 15.0 Å². The van der Waals surface area contributed by atoms with Gasteiger partial charge in [-0.25, -0.2) is 16.8 Å². The van der Waals surface area contributed by atoms with Crippen molar-refractivity contribution in [1.82, 2.24) is 4.31 Å². The van der Waals surface area contributed by atoms with E-state index in [1.54, 1.807) is 19.2 Å². The summed E-state index contributed by atoms with van der Waals surface area (Å²) in [6, 6.07) is 19.9. The Hall–Kier alpha value is -2.39. The lowest BCUT2D eigenvalue weighted by Crippen LogP contribution is -2.56. The molecule has 0 radical (unpaired) electrons. The Labute approximate surface area is 187 Å². The fourth-order valence-corrected chi connectivity index (χ4v) is 6.86. The predicted molar refractivity (Wildman–Crippen MR) is 120 cm³/mol. The Kier molecular flexibility index (Phi) is 5.83. The fourth-order valence-electron chi connectivity index (χ4n) is 3.36. The Morgan fingerprint density at radius 3 is 1.77 bits per heavy atom. The maximum Gasteiger partial charge on any atom is 0.243 e. The monoisotopic (exact) mass is 477 g/mol. The lowest BCUT2D eigenvalue weighted by molar-refractivity contribution is 0.309. The van der Waals surface area contributed by atoms with Crippen molar-refractivity contribution in [2.24, 2.45) is 0 Å². The predicted octanol–water partition coefficient (Wildman–Crippen LogP) is 3.86. The molecule has 4 rings (SSSR count). The Morgan fingerprint density at radius 1 is 0.774 bits per heavy atom. The van der Waals surface area contributed by atoms with Gasteiger partial charge in [-0.3, -0.25) is 0 Å². The fraction of sp³-hybridized carbons (Fsp3) is 0.182. The van der Waals surface area contributed by atoms with Gasteiger partial charge in [-0.2, -0.15) is 4.31 Å². The van der Waals surface area contributed by atoms with Crippen molar-refractivity contribution in [3.8, 4) is 16.9 Å². The number of halogens is 1. The number of benzene rings is 3. The van der Waals surface area contributed by atoms with E-state index in [2.05, 4.69) is 0 Å². The van der Waals surface area contributed by atoms with Crippen LogP contribution in [0, 0.1) is 0 Å². The van der Waals surface area contributed by atoms with Crippen molar-refractivity contribution in [3.63, 3.8) is 0 Å². The van der Waals surface area contributed by atoms with Gasteiger partial charge < -0.3 is 4.74 Å². The van der Waals surface area contributed by atoms with Crippen LogP contribution in [-0.2, 0) is 19.9 Å². The largest absolute Gasteiger partial charge is 0.497 e. The van der Waals surface area contributed by atoms with Crippen LogP contribution in [-0.4, -0.2) is 46.6 Å². The molecule has 1 saturated heterocycles. The van der Waals surface area contributed by atoms with Gasteiger partial charge >= 0.3 is 0 Å². The summed E-state index contributed by atoms with van der Waals surface area (Å²) in [5.41, 5.74) is 1.80. The zero-order valence-corrected chi connectivity index (χ0v) is 19.0. The summed E-state index contributed by atoms with van der Waals surface area (Å²) in [5, 5.41) is -0.336. The van der Waals surface area contributed by atoms with E-state index < -0.39 is 25.1 Å². The molecular weight excluding hydrogens is 458 g/mol. The molecule has 0 atom stereocenters. The third kappa shape index (κ3) is 4.21. The molecule has 1 fully saturated rings. The zero-order valence-electron chi connectivity index (χ0n) is 16.6. The van der Waals surface area contributed by atoms with Crippen LogP contribution in [0.4, 0.5) is 0 Å². The van der Waals surface area contributed by atoms with Crippen molar-refractivity contribution in [2.75, 3.05) is 20.2 Å². The first-order chi connectivity index (χ1) is 14.7. The Morgan fingerprint density at radius 2 is 1.26 bits per heavy atom. The lowest BCUT2D eigenvalue weighted by atomic mass is 10.1. The van der Waals surface area contributed by atoms with E-state index in [9.17, 15) is 16.8 Å². The molecule has 162 valence electrons. The molecule has 0 aliphatic carbocycles.